The van der Waals surface area contributed by atoms with E-state index in [4.69, 9.17) is 4.74 Å². The number of hydrogen-bond acceptors (Lipinski definition) is 5. The van der Waals surface area contributed by atoms with Crippen LogP contribution in [0.25, 0.3) is 0 Å². The van der Waals surface area contributed by atoms with Crippen LogP contribution in [-0.4, -0.2) is 58.0 Å². The summed E-state index contributed by atoms with van der Waals surface area (Å²) < 4.78 is 71.6. The van der Waals surface area contributed by atoms with Crippen molar-refractivity contribution in [1.29, 1.82) is 0 Å². The average molecular weight is 472 g/mol. The van der Waals surface area contributed by atoms with Crippen LogP contribution in [0, 0.1) is 0 Å². The van der Waals surface area contributed by atoms with Crippen LogP contribution >= 0.6 is 0 Å². The number of alkyl halides is 3. The topological polar surface area (TPSA) is 78.9 Å². The molecule has 7 nitrogen and oxygen atoms in total. The Morgan fingerprint density at radius 2 is 1.69 bits per heavy atom. The van der Waals surface area contributed by atoms with Crippen molar-refractivity contribution in [2.75, 3.05) is 38.1 Å². The summed E-state index contributed by atoms with van der Waals surface area (Å²) in [6.07, 6.45) is -5.17. The number of piperazine rings is 1. The van der Waals surface area contributed by atoms with Crippen molar-refractivity contribution < 1.29 is 31.1 Å². The van der Waals surface area contributed by atoms with Crippen LogP contribution in [0.15, 0.2) is 53.4 Å². The summed E-state index contributed by atoms with van der Waals surface area (Å²) in [5, 5.41) is 2.46. The van der Waals surface area contributed by atoms with Gasteiger partial charge in [-0.2, -0.15) is 17.5 Å². The van der Waals surface area contributed by atoms with Gasteiger partial charge in [-0.15, -0.1) is 0 Å². The summed E-state index contributed by atoms with van der Waals surface area (Å²) in [6.45, 7) is 2.40. The molecule has 0 aromatic heterocycles. The third-order valence-corrected chi connectivity index (χ3v) is 7.08. The molecule has 0 bridgehead atoms. The molecule has 1 aliphatic rings. The predicted molar refractivity (Wildman–Crippen MR) is 113 cm³/mol. The van der Waals surface area contributed by atoms with Crippen molar-refractivity contribution in [3.05, 3.63) is 54.1 Å². The van der Waals surface area contributed by atoms with Gasteiger partial charge in [0.05, 0.1) is 10.5 Å². The molecule has 2 aromatic rings. The number of benzene rings is 2. The number of amides is 1. The molecule has 0 saturated carbocycles. The van der Waals surface area contributed by atoms with E-state index in [9.17, 15) is 26.4 Å². The van der Waals surface area contributed by atoms with E-state index in [1.54, 1.807) is 17.9 Å². The summed E-state index contributed by atoms with van der Waals surface area (Å²) in [5.41, 5.74) is -0.332. The lowest BCUT2D eigenvalue weighted by atomic mass is 10.1. The number of carbonyl (C=O) groups is 1. The van der Waals surface area contributed by atoms with E-state index in [1.807, 2.05) is 0 Å². The molecule has 1 atom stereocenters. The van der Waals surface area contributed by atoms with E-state index >= 15 is 0 Å². The fourth-order valence-electron chi connectivity index (χ4n) is 3.37. The van der Waals surface area contributed by atoms with Crippen molar-refractivity contribution in [3.8, 4) is 5.75 Å². The summed E-state index contributed by atoms with van der Waals surface area (Å²) in [4.78, 5) is 13.4. The standard InChI is InChI=1S/C21H24F3N3O4S/c1-15(20(28)25-2)31-18-6-8-19(9-7-18)32(29,30)27-12-10-26(11-13-27)17-5-3-4-16(14-17)21(22,23)24/h3-9,14-15H,10-13H2,1-2H3,(H,25,28)/t15-/m1/s1. The minimum absolute atomic E-state index is 0.0740. The van der Waals surface area contributed by atoms with E-state index in [0.29, 0.717) is 11.4 Å². The fraction of sp³-hybridized carbons (Fsp3) is 0.381. The number of hydrogen-bond donors (Lipinski definition) is 1. The van der Waals surface area contributed by atoms with E-state index < -0.39 is 27.9 Å². The predicted octanol–water partition coefficient (Wildman–Crippen LogP) is 2.73. The monoisotopic (exact) mass is 471 g/mol. The van der Waals surface area contributed by atoms with Gasteiger partial charge < -0.3 is 15.0 Å². The first-order chi connectivity index (χ1) is 15.0. The van der Waals surface area contributed by atoms with Gasteiger partial charge in [-0.1, -0.05) is 6.07 Å². The molecule has 1 N–H and O–H groups in total. The number of ether oxygens (including phenoxy) is 1. The molecule has 3 rings (SSSR count). The van der Waals surface area contributed by atoms with Crippen LogP contribution in [0.3, 0.4) is 0 Å². The minimum Gasteiger partial charge on any atom is -0.481 e. The van der Waals surface area contributed by atoms with Crippen LogP contribution in [0.2, 0.25) is 0 Å². The second-order valence-corrected chi connectivity index (χ2v) is 9.22. The largest absolute Gasteiger partial charge is 0.481 e. The first kappa shape index (κ1) is 23.9. The zero-order chi connectivity index (χ0) is 23.5. The molecule has 1 amide bonds. The minimum atomic E-state index is -4.44. The second kappa shape index (κ2) is 9.37. The number of carbonyl (C=O) groups excluding carboxylic acids is 1. The second-order valence-electron chi connectivity index (χ2n) is 7.28. The molecule has 1 saturated heterocycles. The number of likely N-dealkylation sites (N-methyl/N-ethyl adjacent to an activating group) is 1. The van der Waals surface area contributed by atoms with Gasteiger partial charge >= 0.3 is 6.18 Å². The first-order valence-electron chi connectivity index (χ1n) is 9.93. The smallest absolute Gasteiger partial charge is 0.416 e. The van der Waals surface area contributed by atoms with Crippen molar-refractivity contribution in [2.45, 2.75) is 24.1 Å². The molecule has 1 heterocycles. The van der Waals surface area contributed by atoms with Crippen molar-refractivity contribution in [2.24, 2.45) is 0 Å². The van der Waals surface area contributed by atoms with E-state index in [2.05, 4.69) is 5.32 Å². The highest BCUT2D eigenvalue weighted by molar-refractivity contribution is 7.89. The van der Waals surface area contributed by atoms with Crippen molar-refractivity contribution >= 4 is 21.6 Å². The third kappa shape index (κ3) is 5.33. The number of sulfonamides is 1. The van der Waals surface area contributed by atoms with E-state index in [1.165, 1.54) is 41.7 Å². The zero-order valence-electron chi connectivity index (χ0n) is 17.6. The maximum Gasteiger partial charge on any atom is 0.416 e. The van der Waals surface area contributed by atoms with Gasteiger partial charge in [-0.3, -0.25) is 4.79 Å². The van der Waals surface area contributed by atoms with Gasteiger partial charge in [-0.05, 0) is 49.4 Å². The summed E-state index contributed by atoms with van der Waals surface area (Å²) in [5.74, 6) is 0.0507. The maximum absolute atomic E-state index is 13.0. The lowest BCUT2D eigenvalue weighted by Gasteiger charge is -2.35. The number of anilines is 1. The molecule has 174 valence electrons. The van der Waals surface area contributed by atoms with Crippen LogP contribution in [0.1, 0.15) is 12.5 Å². The van der Waals surface area contributed by atoms with Gasteiger partial charge in [0, 0.05) is 38.9 Å². The molecule has 0 spiro atoms. The zero-order valence-corrected chi connectivity index (χ0v) is 18.4. The molecule has 0 radical (unpaired) electrons. The highest BCUT2D eigenvalue weighted by Crippen LogP contribution is 2.32. The van der Waals surface area contributed by atoms with Gasteiger partial charge in [0.15, 0.2) is 6.10 Å². The normalized spacial score (nSPS) is 16.5. The summed E-state index contributed by atoms with van der Waals surface area (Å²) >= 11 is 0. The van der Waals surface area contributed by atoms with Crippen molar-refractivity contribution in [1.82, 2.24) is 9.62 Å². The van der Waals surface area contributed by atoms with Crippen LogP contribution in [0.4, 0.5) is 18.9 Å². The number of nitrogens with one attached hydrogen (secondary N) is 1. The SMILES string of the molecule is CNC(=O)[C@@H](C)Oc1ccc(S(=O)(=O)N2CCN(c3cccc(C(F)(F)F)c3)CC2)cc1. The Morgan fingerprint density at radius 1 is 1.06 bits per heavy atom. The Hall–Kier alpha value is -2.79. The number of nitrogens with zero attached hydrogens (tertiary/aromatic N) is 2. The molecular formula is C21H24F3N3O4S. The van der Waals surface area contributed by atoms with Crippen LogP contribution in [0.5, 0.6) is 5.75 Å². The van der Waals surface area contributed by atoms with E-state index in [0.717, 1.165) is 12.1 Å². The molecular weight excluding hydrogens is 447 g/mol. The Balaban J connectivity index is 1.65. The molecule has 2 aromatic carbocycles. The maximum atomic E-state index is 13.0. The van der Waals surface area contributed by atoms with Gasteiger partial charge in [-0.25, -0.2) is 8.42 Å². The molecule has 0 unspecified atom stereocenters. The highest BCUT2D eigenvalue weighted by Gasteiger charge is 2.32. The molecule has 1 fully saturated rings. The van der Waals surface area contributed by atoms with Gasteiger partial charge in [0.25, 0.3) is 5.91 Å². The summed E-state index contributed by atoms with van der Waals surface area (Å²) in [6, 6.07) is 10.8. The van der Waals surface area contributed by atoms with Gasteiger partial charge in [0.1, 0.15) is 5.75 Å². The highest BCUT2D eigenvalue weighted by atomic mass is 32.2. The number of halogens is 3. The Bertz CT molecular complexity index is 1050. The Morgan fingerprint density at radius 3 is 2.25 bits per heavy atom. The Labute approximate surface area is 184 Å². The number of rotatable bonds is 6. The van der Waals surface area contributed by atoms with E-state index in [-0.39, 0.29) is 37.0 Å². The third-order valence-electron chi connectivity index (χ3n) is 5.17. The molecule has 0 aliphatic carbocycles. The lowest BCUT2D eigenvalue weighted by molar-refractivity contribution is -0.137. The lowest BCUT2D eigenvalue weighted by Crippen LogP contribution is -2.48. The van der Waals surface area contributed by atoms with Gasteiger partial charge in [0.2, 0.25) is 10.0 Å². The average Bonchev–Trinajstić information content (AvgIpc) is 2.78. The first-order valence-corrected chi connectivity index (χ1v) is 11.4. The molecule has 1 aliphatic heterocycles. The van der Waals surface area contributed by atoms with Crippen LogP contribution in [-0.2, 0) is 21.0 Å². The summed E-state index contributed by atoms with van der Waals surface area (Å²) in [7, 11) is -2.28. The Kier molecular flexibility index (Phi) is 6.99. The molecule has 32 heavy (non-hydrogen) atoms. The molecule has 11 heteroatoms. The quantitative estimate of drug-likeness (QED) is 0.701. The van der Waals surface area contributed by atoms with Crippen molar-refractivity contribution in [3.63, 3.8) is 0 Å². The fourth-order valence-corrected chi connectivity index (χ4v) is 4.79. The van der Waals surface area contributed by atoms with Crippen LogP contribution < -0.4 is 15.0 Å².